The van der Waals surface area contributed by atoms with Gasteiger partial charge in [-0.1, -0.05) is 52.0 Å². The number of urea groups is 1. The molecule has 2 heterocycles. The van der Waals surface area contributed by atoms with E-state index in [0.717, 1.165) is 22.4 Å². The largest absolute Gasteiger partial charge is 0.443 e. The molecule has 0 spiro atoms. The Morgan fingerprint density at radius 3 is 2.31 bits per heavy atom. The molecule has 0 bridgehead atoms. The number of nitrogens with one attached hydrogen (secondary N) is 3. The molecule has 3 rings (SSSR count). The highest BCUT2D eigenvalue weighted by atomic mass is 16.7. The smallest absolute Gasteiger partial charge is 0.315 e. The summed E-state index contributed by atoms with van der Waals surface area (Å²) in [6.07, 6.45) is -5.88. The summed E-state index contributed by atoms with van der Waals surface area (Å²) < 4.78 is 11.3. The monoisotopic (exact) mass is 550 g/mol. The molecule has 2 aromatic rings. The van der Waals surface area contributed by atoms with Gasteiger partial charge in [-0.2, -0.15) is 0 Å². The van der Waals surface area contributed by atoms with Crippen molar-refractivity contribution in [2.75, 3.05) is 19.8 Å². The van der Waals surface area contributed by atoms with Crippen LogP contribution in [0.5, 0.6) is 5.88 Å². The number of nitrogens with zero attached hydrogens (tertiary/aromatic N) is 1. The Morgan fingerprint density at radius 1 is 1.05 bits per heavy atom. The minimum Gasteiger partial charge on any atom is -0.443 e. The molecule has 0 radical (unpaired) electrons. The van der Waals surface area contributed by atoms with E-state index >= 15 is 0 Å². The molecule has 2 amide bonds. The van der Waals surface area contributed by atoms with Gasteiger partial charge in [0.1, 0.15) is 24.4 Å². The molecule has 0 aliphatic carbocycles. The fraction of sp³-hybridized carbons (Fsp3) is 0.630. The van der Waals surface area contributed by atoms with E-state index in [1.54, 1.807) is 0 Å². The number of benzene rings is 1. The zero-order chi connectivity index (χ0) is 28.7. The van der Waals surface area contributed by atoms with Gasteiger partial charge in [0.15, 0.2) is 0 Å². The fourth-order valence-corrected chi connectivity index (χ4v) is 4.37. The van der Waals surface area contributed by atoms with E-state index in [0.29, 0.717) is 19.4 Å². The van der Waals surface area contributed by atoms with Crippen LogP contribution in [-0.2, 0) is 17.6 Å². The van der Waals surface area contributed by atoms with Crippen LogP contribution in [0.25, 0.3) is 0 Å². The highest BCUT2D eigenvalue weighted by Crippen LogP contribution is 2.31. The standard InChI is InChI=1S/C27H42N4O8/c1-14(2)19(12-32)29-27(37)28-10-9-16-5-7-17(8-6-16)11-18-21(15(3)4)30-31-25(18)39-26-24(36)23(35)22(34)20(13-33)38-26/h5-8,14-15,19-20,22-24,26,32-36H,9-13H2,1-4H3,(H,30,31)(H2,28,29,37)/t19-,20-,22+,23+,24-,26+/m1/s1. The van der Waals surface area contributed by atoms with Crippen molar-refractivity contribution in [3.8, 4) is 5.88 Å². The van der Waals surface area contributed by atoms with Gasteiger partial charge in [-0.25, -0.2) is 4.79 Å². The molecule has 1 fully saturated rings. The molecule has 218 valence electrons. The minimum absolute atomic E-state index is 0.0947. The SMILES string of the molecule is CC(C)c1[nH]nc(O[C@@H]2O[C@H](CO)[C@H](O)[C@H](O)[C@H]2O)c1Cc1ccc(CCNC(=O)N[C@H](CO)C(C)C)cc1. The van der Waals surface area contributed by atoms with E-state index in [9.17, 15) is 30.3 Å². The highest BCUT2D eigenvalue weighted by molar-refractivity contribution is 5.74. The number of amides is 2. The molecule has 1 aliphatic heterocycles. The van der Waals surface area contributed by atoms with Gasteiger partial charge in [0, 0.05) is 24.2 Å². The van der Waals surface area contributed by atoms with Crippen LogP contribution in [-0.4, -0.2) is 98.3 Å². The zero-order valence-corrected chi connectivity index (χ0v) is 22.9. The van der Waals surface area contributed by atoms with E-state index in [-0.39, 0.29) is 36.4 Å². The molecule has 1 saturated heterocycles. The summed E-state index contributed by atoms with van der Waals surface area (Å²) in [4.78, 5) is 12.1. The second-order valence-corrected chi connectivity index (χ2v) is 10.6. The van der Waals surface area contributed by atoms with E-state index in [1.807, 2.05) is 52.0 Å². The maximum atomic E-state index is 12.1. The summed E-state index contributed by atoms with van der Waals surface area (Å²) in [6.45, 7) is 7.65. The van der Waals surface area contributed by atoms with Crippen LogP contribution >= 0.6 is 0 Å². The van der Waals surface area contributed by atoms with E-state index in [4.69, 9.17) is 9.47 Å². The number of aromatic nitrogens is 2. The number of rotatable bonds is 12. The lowest BCUT2D eigenvalue weighted by Gasteiger charge is -2.39. The van der Waals surface area contributed by atoms with Crippen molar-refractivity contribution in [1.29, 1.82) is 0 Å². The van der Waals surface area contributed by atoms with Crippen molar-refractivity contribution < 1.29 is 39.8 Å². The van der Waals surface area contributed by atoms with Crippen molar-refractivity contribution >= 4 is 6.03 Å². The summed E-state index contributed by atoms with van der Waals surface area (Å²) in [5.74, 6) is 0.421. The third kappa shape index (κ3) is 7.90. The molecule has 1 aliphatic rings. The summed E-state index contributed by atoms with van der Waals surface area (Å²) in [5.41, 5.74) is 3.62. The molecule has 1 aromatic heterocycles. The van der Waals surface area contributed by atoms with Gasteiger partial charge < -0.3 is 45.6 Å². The normalized spacial score (nSPS) is 24.1. The van der Waals surface area contributed by atoms with E-state index in [2.05, 4.69) is 20.8 Å². The average Bonchev–Trinajstić information content (AvgIpc) is 3.30. The first-order chi connectivity index (χ1) is 18.5. The summed E-state index contributed by atoms with van der Waals surface area (Å²) in [6, 6.07) is 7.31. The van der Waals surface area contributed by atoms with Crippen LogP contribution in [0.4, 0.5) is 4.79 Å². The molecular weight excluding hydrogens is 508 g/mol. The molecule has 12 heteroatoms. The van der Waals surface area contributed by atoms with Crippen LogP contribution in [0.3, 0.4) is 0 Å². The highest BCUT2D eigenvalue weighted by Gasteiger charge is 2.45. The van der Waals surface area contributed by atoms with Crippen molar-refractivity contribution in [3.05, 3.63) is 46.6 Å². The van der Waals surface area contributed by atoms with Gasteiger partial charge >= 0.3 is 6.03 Å². The van der Waals surface area contributed by atoms with Gasteiger partial charge in [0.05, 0.1) is 19.3 Å². The Bertz CT molecular complexity index is 1040. The predicted molar refractivity (Wildman–Crippen MR) is 142 cm³/mol. The van der Waals surface area contributed by atoms with Gasteiger partial charge in [0.2, 0.25) is 12.2 Å². The van der Waals surface area contributed by atoms with Crippen molar-refractivity contribution in [2.45, 2.75) is 83.2 Å². The Labute approximate surface area is 228 Å². The van der Waals surface area contributed by atoms with Crippen molar-refractivity contribution in [3.63, 3.8) is 0 Å². The quantitative estimate of drug-likeness (QED) is 0.182. The maximum absolute atomic E-state index is 12.1. The summed E-state index contributed by atoms with van der Waals surface area (Å²) in [5, 5.41) is 62.1. The Kier molecular flexibility index (Phi) is 11.1. The topological polar surface area (TPSA) is 189 Å². The van der Waals surface area contributed by atoms with Crippen LogP contribution in [0.15, 0.2) is 24.3 Å². The van der Waals surface area contributed by atoms with Gasteiger partial charge in [-0.15, -0.1) is 5.10 Å². The summed E-state index contributed by atoms with van der Waals surface area (Å²) >= 11 is 0. The number of aliphatic hydroxyl groups excluding tert-OH is 5. The van der Waals surface area contributed by atoms with Gasteiger partial charge in [-0.3, -0.25) is 5.10 Å². The molecular formula is C27H42N4O8. The lowest BCUT2D eigenvalue weighted by Crippen LogP contribution is -2.60. The van der Waals surface area contributed by atoms with Crippen LogP contribution in [0.2, 0.25) is 0 Å². The fourth-order valence-electron chi connectivity index (χ4n) is 4.37. The number of aliphatic hydroxyl groups is 5. The Balaban J connectivity index is 1.64. The first-order valence-corrected chi connectivity index (χ1v) is 13.3. The van der Waals surface area contributed by atoms with Crippen LogP contribution in [0, 0.1) is 5.92 Å². The second-order valence-electron chi connectivity index (χ2n) is 10.6. The van der Waals surface area contributed by atoms with Crippen LogP contribution in [0.1, 0.15) is 56.0 Å². The number of ether oxygens (including phenoxy) is 2. The molecule has 12 nitrogen and oxygen atoms in total. The summed E-state index contributed by atoms with van der Waals surface area (Å²) in [7, 11) is 0. The lowest BCUT2D eigenvalue weighted by molar-refractivity contribution is -0.278. The number of carbonyl (C=O) groups is 1. The number of hydrogen-bond donors (Lipinski definition) is 8. The maximum Gasteiger partial charge on any atom is 0.315 e. The number of hydrogen-bond acceptors (Lipinski definition) is 9. The average molecular weight is 551 g/mol. The van der Waals surface area contributed by atoms with E-state index in [1.165, 1.54) is 0 Å². The van der Waals surface area contributed by atoms with Crippen LogP contribution < -0.4 is 15.4 Å². The molecule has 8 N–H and O–H groups in total. The van der Waals surface area contributed by atoms with E-state index < -0.39 is 37.3 Å². The number of H-pyrrole nitrogens is 1. The second kappa shape index (κ2) is 14.1. The Morgan fingerprint density at radius 2 is 1.72 bits per heavy atom. The molecule has 6 atom stereocenters. The van der Waals surface area contributed by atoms with Gasteiger partial charge in [0.25, 0.3) is 0 Å². The molecule has 0 unspecified atom stereocenters. The number of carbonyl (C=O) groups excluding carboxylic acids is 1. The lowest BCUT2D eigenvalue weighted by atomic mass is 9.98. The first-order valence-electron chi connectivity index (χ1n) is 13.3. The Hall–Kier alpha value is -2.74. The van der Waals surface area contributed by atoms with Crippen molar-refractivity contribution in [2.24, 2.45) is 5.92 Å². The van der Waals surface area contributed by atoms with Crippen molar-refractivity contribution in [1.82, 2.24) is 20.8 Å². The third-order valence-electron chi connectivity index (χ3n) is 6.94. The number of aromatic amines is 1. The molecule has 39 heavy (non-hydrogen) atoms. The molecule has 1 aromatic carbocycles. The third-order valence-corrected chi connectivity index (χ3v) is 6.94. The first kappa shape index (κ1) is 30.8. The molecule has 0 saturated carbocycles. The predicted octanol–water partition coefficient (Wildman–Crippen LogP) is 0.161. The zero-order valence-electron chi connectivity index (χ0n) is 22.9. The minimum atomic E-state index is -1.55. The van der Waals surface area contributed by atoms with Gasteiger partial charge in [-0.05, 0) is 29.4 Å².